The van der Waals surface area contributed by atoms with E-state index in [1.165, 1.54) is 16.0 Å². The van der Waals surface area contributed by atoms with Gasteiger partial charge in [-0.25, -0.2) is 0 Å². The van der Waals surface area contributed by atoms with Crippen LogP contribution in [0.15, 0.2) is 53.4 Å². The zero-order valence-corrected chi connectivity index (χ0v) is 12.5. The van der Waals surface area contributed by atoms with Crippen LogP contribution in [0.25, 0.3) is 0 Å². The molecule has 0 radical (unpaired) electrons. The Kier molecular flexibility index (Phi) is 5.32. The minimum atomic E-state index is 0.210. The van der Waals surface area contributed by atoms with Crippen LogP contribution in [0.5, 0.6) is 0 Å². The molecular formula is C16H18ClNS. The summed E-state index contributed by atoms with van der Waals surface area (Å²) in [6.07, 6.45) is 0.926. The van der Waals surface area contributed by atoms with E-state index < -0.39 is 0 Å². The summed E-state index contributed by atoms with van der Waals surface area (Å²) in [5, 5.41) is 0.837. The van der Waals surface area contributed by atoms with E-state index in [0.717, 1.165) is 17.2 Å². The maximum atomic E-state index is 6.15. The molecule has 0 bridgehead atoms. The second-order valence-electron chi connectivity index (χ2n) is 4.71. The quantitative estimate of drug-likeness (QED) is 0.820. The maximum Gasteiger partial charge on any atom is 0.0446 e. The van der Waals surface area contributed by atoms with Crippen LogP contribution in [0, 0.1) is 0 Å². The van der Waals surface area contributed by atoms with E-state index in [-0.39, 0.29) is 6.04 Å². The Labute approximate surface area is 124 Å². The van der Waals surface area contributed by atoms with Crippen molar-refractivity contribution in [3.8, 4) is 0 Å². The van der Waals surface area contributed by atoms with E-state index in [4.69, 9.17) is 17.3 Å². The summed E-state index contributed by atoms with van der Waals surface area (Å²) in [7, 11) is 0. The molecule has 1 atom stereocenters. The van der Waals surface area contributed by atoms with Crippen LogP contribution < -0.4 is 5.73 Å². The fourth-order valence-corrected chi connectivity index (χ4v) is 3.05. The fraction of sp³-hybridized carbons (Fsp3) is 0.250. The van der Waals surface area contributed by atoms with Gasteiger partial charge >= 0.3 is 0 Å². The molecule has 0 heterocycles. The van der Waals surface area contributed by atoms with Crippen molar-refractivity contribution in [3.63, 3.8) is 0 Å². The zero-order valence-electron chi connectivity index (χ0n) is 11.0. The van der Waals surface area contributed by atoms with Crippen molar-refractivity contribution in [1.29, 1.82) is 0 Å². The van der Waals surface area contributed by atoms with Gasteiger partial charge in [0.15, 0.2) is 0 Å². The van der Waals surface area contributed by atoms with Gasteiger partial charge in [0.25, 0.3) is 0 Å². The van der Waals surface area contributed by atoms with E-state index in [2.05, 4.69) is 30.3 Å². The third-order valence-corrected chi connectivity index (χ3v) is 4.26. The average Bonchev–Trinajstić information content (AvgIpc) is 2.39. The Bertz CT molecular complexity index is 523. The van der Waals surface area contributed by atoms with E-state index in [0.29, 0.717) is 0 Å². The van der Waals surface area contributed by atoms with Gasteiger partial charge in [0.05, 0.1) is 0 Å². The molecule has 0 fully saturated rings. The van der Waals surface area contributed by atoms with Gasteiger partial charge in [-0.15, -0.1) is 11.8 Å². The summed E-state index contributed by atoms with van der Waals surface area (Å²) in [6.45, 7) is 2.03. The highest BCUT2D eigenvalue weighted by Gasteiger charge is 2.02. The summed E-state index contributed by atoms with van der Waals surface area (Å²) < 4.78 is 0. The van der Waals surface area contributed by atoms with Crippen LogP contribution >= 0.6 is 23.4 Å². The van der Waals surface area contributed by atoms with Gasteiger partial charge in [0, 0.05) is 21.7 Å². The highest BCUT2D eigenvalue weighted by Crippen LogP contribution is 2.26. The lowest BCUT2D eigenvalue weighted by Gasteiger charge is -2.07. The van der Waals surface area contributed by atoms with Crippen molar-refractivity contribution >= 4 is 23.4 Å². The first-order valence-corrected chi connectivity index (χ1v) is 7.72. The van der Waals surface area contributed by atoms with Crippen LogP contribution in [-0.4, -0.2) is 6.04 Å². The molecule has 3 heteroatoms. The molecule has 0 aliphatic rings. The predicted molar refractivity (Wildman–Crippen MR) is 84.8 cm³/mol. The summed E-state index contributed by atoms with van der Waals surface area (Å²) in [6, 6.07) is 16.8. The first kappa shape index (κ1) is 14.4. The SMILES string of the molecule is CC(N)Cc1ccc(SCc2ccccc2Cl)cc1. The number of hydrogen-bond acceptors (Lipinski definition) is 2. The Morgan fingerprint density at radius 1 is 1.11 bits per heavy atom. The third kappa shape index (κ3) is 4.57. The van der Waals surface area contributed by atoms with Gasteiger partial charge in [0.2, 0.25) is 0 Å². The predicted octanol–water partition coefficient (Wildman–Crippen LogP) is 4.52. The Hall–Kier alpha value is -0.960. The molecule has 0 saturated heterocycles. The topological polar surface area (TPSA) is 26.0 Å². The molecular weight excluding hydrogens is 274 g/mol. The monoisotopic (exact) mass is 291 g/mol. The van der Waals surface area contributed by atoms with Crippen LogP contribution in [0.1, 0.15) is 18.1 Å². The van der Waals surface area contributed by atoms with Crippen LogP contribution in [-0.2, 0) is 12.2 Å². The van der Waals surface area contributed by atoms with E-state index in [9.17, 15) is 0 Å². The number of hydrogen-bond donors (Lipinski definition) is 1. The second kappa shape index (κ2) is 6.99. The molecule has 2 aromatic carbocycles. The van der Waals surface area contributed by atoms with Gasteiger partial charge in [-0.3, -0.25) is 0 Å². The highest BCUT2D eigenvalue weighted by molar-refractivity contribution is 7.98. The maximum absolute atomic E-state index is 6.15. The minimum Gasteiger partial charge on any atom is -0.328 e. The second-order valence-corrected chi connectivity index (χ2v) is 6.16. The summed E-state index contributed by atoms with van der Waals surface area (Å²) in [5.74, 6) is 0.895. The highest BCUT2D eigenvalue weighted by atomic mass is 35.5. The lowest BCUT2D eigenvalue weighted by atomic mass is 10.1. The average molecular weight is 292 g/mol. The number of rotatable bonds is 5. The summed E-state index contributed by atoms with van der Waals surface area (Å²) >= 11 is 7.95. The molecule has 19 heavy (non-hydrogen) atoms. The van der Waals surface area contributed by atoms with Gasteiger partial charge in [-0.2, -0.15) is 0 Å². The van der Waals surface area contributed by atoms with Gasteiger partial charge in [-0.1, -0.05) is 41.9 Å². The van der Waals surface area contributed by atoms with Gasteiger partial charge < -0.3 is 5.73 Å². The normalized spacial score (nSPS) is 12.4. The van der Waals surface area contributed by atoms with Crippen molar-refractivity contribution in [2.75, 3.05) is 0 Å². The largest absolute Gasteiger partial charge is 0.328 e. The van der Waals surface area contributed by atoms with Gasteiger partial charge in [0.1, 0.15) is 0 Å². The van der Waals surface area contributed by atoms with Crippen molar-refractivity contribution in [3.05, 3.63) is 64.7 Å². The molecule has 2 aromatic rings. The standard InChI is InChI=1S/C16H18ClNS/c1-12(18)10-13-6-8-15(9-7-13)19-11-14-4-2-3-5-16(14)17/h2-9,12H,10-11,18H2,1H3. The van der Waals surface area contributed by atoms with Crippen molar-refractivity contribution in [2.24, 2.45) is 5.73 Å². The summed E-state index contributed by atoms with van der Waals surface area (Å²) in [5.41, 5.74) is 8.26. The van der Waals surface area contributed by atoms with Crippen LogP contribution in [0.2, 0.25) is 5.02 Å². The molecule has 0 spiro atoms. The Morgan fingerprint density at radius 2 is 1.79 bits per heavy atom. The molecule has 0 aromatic heterocycles. The molecule has 1 unspecified atom stereocenters. The van der Waals surface area contributed by atoms with E-state index in [1.54, 1.807) is 11.8 Å². The summed E-state index contributed by atoms with van der Waals surface area (Å²) in [4.78, 5) is 1.26. The minimum absolute atomic E-state index is 0.210. The van der Waals surface area contributed by atoms with Crippen molar-refractivity contribution < 1.29 is 0 Å². The Morgan fingerprint density at radius 3 is 2.42 bits per heavy atom. The van der Waals surface area contributed by atoms with E-state index in [1.807, 2.05) is 25.1 Å². The molecule has 2 N–H and O–H groups in total. The molecule has 0 saturated carbocycles. The molecule has 1 nitrogen and oxygen atoms in total. The number of halogens is 1. The zero-order chi connectivity index (χ0) is 13.7. The number of benzene rings is 2. The first-order chi connectivity index (χ1) is 9.15. The van der Waals surface area contributed by atoms with Crippen molar-refractivity contribution in [2.45, 2.75) is 30.0 Å². The smallest absolute Gasteiger partial charge is 0.0446 e. The third-order valence-electron chi connectivity index (χ3n) is 2.83. The van der Waals surface area contributed by atoms with Gasteiger partial charge in [-0.05, 0) is 42.7 Å². The first-order valence-electron chi connectivity index (χ1n) is 6.36. The fourth-order valence-electron chi connectivity index (χ4n) is 1.87. The van der Waals surface area contributed by atoms with E-state index >= 15 is 0 Å². The number of thioether (sulfide) groups is 1. The lowest BCUT2D eigenvalue weighted by Crippen LogP contribution is -2.17. The number of nitrogens with two attached hydrogens (primary N) is 1. The molecule has 0 amide bonds. The molecule has 0 aliphatic heterocycles. The Balaban J connectivity index is 1.95. The molecule has 2 rings (SSSR count). The lowest BCUT2D eigenvalue weighted by molar-refractivity contribution is 0.737. The van der Waals surface area contributed by atoms with Crippen LogP contribution in [0.3, 0.4) is 0 Å². The molecule has 0 aliphatic carbocycles. The van der Waals surface area contributed by atoms with Crippen LogP contribution in [0.4, 0.5) is 0 Å². The van der Waals surface area contributed by atoms with Crippen molar-refractivity contribution in [1.82, 2.24) is 0 Å². The molecule has 100 valence electrons.